The Kier molecular flexibility index (Phi) is 7.66. The summed E-state index contributed by atoms with van der Waals surface area (Å²) < 4.78 is 56.4. The number of piperidine rings is 1. The Morgan fingerprint density at radius 2 is 1.87 bits per heavy atom. The Hall–Kier alpha value is -3.85. The van der Waals surface area contributed by atoms with Crippen LogP contribution in [0.5, 0.6) is 11.5 Å². The van der Waals surface area contributed by atoms with Crippen LogP contribution >= 0.6 is 23.2 Å². The van der Waals surface area contributed by atoms with E-state index in [9.17, 15) is 18.4 Å². The van der Waals surface area contributed by atoms with Crippen molar-refractivity contribution >= 4 is 23.2 Å². The zero-order valence-corrected chi connectivity index (χ0v) is 26.2. The molecule has 1 saturated heterocycles. The van der Waals surface area contributed by atoms with Crippen molar-refractivity contribution in [2.45, 2.75) is 63.5 Å². The van der Waals surface area contributed by atoms with Crippen LogP contribution in [0.4, 0.5) is 13.2 Å². The molecule has 4 aromatic rings. The predicted octanol–water partition coefficient (Wildman–Crippen LogP) is 8.33. The van der Waals surface area contributed by atoms with Gasteiger partial charge in [-0.05, 0) is 87.0 Å². The minimum atomic E-state index is -4.74. The predicted molar refractivity (Wildman–Crippen MR) is 162 cm³/mol. The van der Waals surface area contributed by atoms with Crippen LogP contribution in [-0.2, 0) is 24.9 Å². The van der Waals surface area contributed by atoms with Crippen molar-refractivity contribution in [3.8, 4) is 29.0 Å². The van der Waals surface area contributed by atoms with Crippen LogP contribution in [0.2, 0.25) is 10.0 Å². The molecular formula is C33H28Cl2F3N5O3. The molecule has 8 nitrogen and oxygen atoms in total. The lowest BCUT2D eigenvalue weighted by Crippen LogP contribution is -2.34. The van der Waals surface area contributed by atoms with Crippen molar-refractivity contribution in [1.29, 1.82) is 5.26 Å². The van der Waals surface area contributed by atoms with Gasteiger partial charge in [-0.15, -0.1) is 0 Å². The molecule has 0 bridgehead atoms. The van der Waals surface area contributed by atoms with Gasteiger partial charge in [-0.25, -0.2) is 0 Å². The number of para-hydroxylation sites is 1. The summed E-state index contributed by atoms with van der Waals surface area (Å²) in [5.74, 6) is -1.07. The normalized spacial score (nSPS) is 20.9. The number of likely N-dealkylation sites (tertiary alicyclic amines) is 1. The number of rotatable bonds is 7. The van der Waals surface area contributed by atoms with Gasteiger partial charge in [0.15, 0.2) is 11.5 Å². The summed E-state index contributed by atoms with van der Waals surface area (Å²) in [6, 6.07) is 15.3. The summed E-state index contributed by atoms with van der Waals surface area (Å²) in [4.78, 5) is 10.5. The summed E-state index contributed by atoms with van der Waals surface area (Å²) in [5, 5.41) is 14.3. The van der Waals surface area contributed by atoms with Crippen molar-refractivity contribution in [2.75, 3.05) is 13.1 Å². The summed E-state index contributed by atoms with van der Waals surface area (Å²) in [5.41, 5.74) is 3.21. The molecule has 1 atom stereocenters. The molecule has 0 N–H and O–H groups in total. The highest BCUT2D eigenvalue weighted by molar-refractivity contribution is 6.35. The van der Waals surface area contributed by atoms with Gasteiger partial charge in [0.25, 0.3) is 5.79 Å². The van der Waals surface area contributed by atoms with Gasteiger partial charge in [0.2, 0.25) is 5.82 Å². The molecule has 46 heavy (non-hydrogen) atoms. The fourth-order valence-corrected chi connectivity index (χ4v) is 6.89. The molecule has 7 rings (SSSR count). The monoisotopic (exact) mass is 669 g/mol. The van der Waals surface area contributed by atoms with Crippen LogP contribution in [0, 0.1) is 16.7 Å². The molecular weight excluding hydrogens is 642 g/mol. The standard InChI is InChI=1S/C33H28Cl2F3N5O3/c1-31(24-6-5-22(34)14-25(24)35)44-27-4-2-3-23(28(27)45-31)19-7-11-43(12-8-19)17-26-20(15-32(18-39)9-10-32)13-21(16-40-26)29-41-30(46-42-29)33(36,37)38/h2-6,13-14,16,19H,7-12,15,17H2,1H3. The number of nitrogens with zero attached hydrogens (tertiary/aromatic N) is 5. The lowest BCUT2D eigenvalue weighted by atomic mass is 9.88. The molecule has 2 fully saturated rings. The highest BCUT2D eigenvalue weighted by Crippen LogP contribution is 2.51. The lowest BCUT2D eigenvalue weighted by Gasteiger charge is -2.33. The average molecular weight is 671 g/mol. The summed E-state index contributed by atoms with van der Waals surface area (Å²) in [7, 11) is 0. The van der Waals surface area contributed by atoms with Crippen LogP contribution in [0.15, 0.2) is 53.2 Å². The second-order valence-corrected chi connectivity index (χ2v) is 13.2. The Balaban J connectivity index is 1.07. The van der Waals surface area contributed by atoms with Gasteiger partial charge >= 0.3 is 12.1 Å². The maximum atomic E-state index is 13.1. The average Bonchev–Trinajstić information content (AvgIpc) is 3.42. The molecule has 1 saturated carbocycles. The molecule has 2 aromatic carbocycles. The zero-order valence-electron chi connectivity index (χ0n) is 24.7. The van der Waals surface area contributed by atoms with Crippen molar-refractivity contribution in [3.63, 3.8) is 0 Å². The van der Waals surface area contributed by atoms with Crippen LogP contribution in [0.1, 0.15) is 66.8 Å². The largest absolute Gasteiger partial charge is 0.471 e. The molecule has 1 aliphatic carbocycles. The third-order valence-corrected chi connectivity index (χ3v) is 9.59. The lowest BCUT2D eigenvalue weighted by molar-refractivity contribution is -0.159. The van der Waals surface area contributed by atoms with Gasteiger partial charge in [-0.3, -0.25) is 9.88 Å². The third-order valence-electron chi connectivity index (χ3n) is 9.04. The Morgan fingerprint density at radius 3 is 2.54 bits per heavy atom. The molecule has 13 heteroatoms. The number of alkyl halides is 3. The molecule has 4 heterocycles. The van der Waals surface area contributed by atoms with E-state index < -0.39 is 23.3 Å². The van der Waals surface area contributed by atoms with Gasteiger partial charge in [0.05, 0.1) is 27.8 Å². The molecule has 3 aliphatic rings. The number of nitriles is 1. The number of hydrogen-bond donors (Lipinski definition) is 0. The number of aromatic nitrogens is 3. The van der Waals surface area contributed by atoms with E-state index in [4.69, 9.17) is 32.7 Å². The fourth-order valence-electron chi connectivity index (χ4n) is 6.31. The maximum Gasteiger partial charge on any atom is 0.471 e. The first kappa shape index (κ1) is 30.8. The number of fused-ring (bicyclic) bond motifs is 1. The highest BCUT2D eigenvalue weighted by atomic mass is 35.5. The number of benzene rings is 2. The second-order valence-electron chi connectivity index (χ2n) is 12.3. The van der Waals surface area contributed by atoms with Crippen molar-refractivity contribution in [1.82, 2.24) is 20.0 Å². The summed E-state index contributed by atoms with van der Waals surface area (Å²) >= 11 is 12.6. The SMILES string of the molecule is CC1(c2ccc(Cl)cc2Cl)Oc2cccc(C3CCN(Cc4ncc(-c5noc(C(F)(F)F)n5)cc4CC4(C#N)CC4)CC3)c2O1. The van der Waals surface area contributed by atoms with E-state index in [1.807, 2.05) is 25.1 Å². The van der Waals surface area contributed by atoms with Gasteiger partial charge in [0.1, 0.15) is 0 Å². The topological polar surface area (TPSA) is 97.3 Å². The van der Waals surface area contributed by atoms with E-state index in [0.717, 1.165) is 61.3 Å². The van der Waals surface area contributed by atoms with E-state index in [2.05, 4.69) is 36.7 Å². The Morgan fingerprint density at radius 1 is 1.09 bits per heavy atom. The Labute approximate surface area is 273 Å². The van der Waals surface area contributed by atoms with E-state index in [0.29, 0.717) is 39.9 Å². The van der Waals surface area contributed by atoms with E-state index >= 15 is 0 Å². The molecule has 2 aromatic heterocycles. The molecule has 0 spiro atoms. The van der Waals surface area contributed by atoms with Crippen molar-refractivity contribution < 1.29 is 27.2 Å². The van der Waals surface area contributed by atoms with Crippen molar-refractivity contribution in [3.05, 3.63) is 87.0 Å². The van der Waals surface area contributed by atoms with E-state index in [1.54, 1.807) is 18.2 Å². The molecule has 0 amide bonds. The van der Waals surface area contributed by atoms with Gasteiger partial charge in [-0.1, -0.05) is 40.5 Å². The van der Waals surface area contributed by atoms with Crippen LogP contribution in [0.25, 0.3) is 11.4 Å². The quantitative estimate of drug-likeness (QED) is 0.194. The number of ether oxygens (including phenoxy) is 2. The summed E-state index contributed by atoms with van der Waals surface area (Å²) in [6.07, 6.45) is 0.481. The minimum absolute atomic E-state index is 0.189. The molecule has 1 unspecified atom stereocenters. The summed E-state index contributed by atoms with van der Waals surface area (Å²) in [6.45, 7) is 3.98. The maximum absolute atomic E-state index is 13.1. The van der Waals surface area contributed by atoms with Crippen LogP contribution in [-0.4, -0.2) is 33.1 Å². The smallest absolute Gasteiger partial charge is 0.444 e. The zero-order chi connectivity index (χ0) is 32.3. The van der Waals surface area contributed by atoms with Gasteiger partial charge in [-0.2, -0.15) is 23.4 Å². The number of halogens is 5. The van der Waals surface area contributed by atoms with Crippen molar-refractivity contribution in [2.24, 2.45) is 5.41 Å². The second kappa shape index (κ2) is 11.4. The van der Waals surface area contributed by atoms with Gasteiger partial charge in [0, 0.05) is 35.8 Å². The number of hydrogen-bond acceptors (Lipinski definition) is 8. The molecule has 238 valence electrons. The van der Waals surface area contributed by atoms with Gasteiger partial charge < -0.3 is 14.0 Å². The first-order chi connectivity index (χ1) is 22.0. The van der Waals surface area contributed by atoms with E-state index in [1.165, 1.54) is 6.20 Å². The molecule has 2 aliphatic heterocycles. The number of pyridine rings is 1. The first-order valence-electron chi connectivity index (χ1n) is 14.9. The highest BCUT2D eigenvalue weighted by Gasteiger charge is 2.45. The fraction of sp³-hybridized carbons (Fsp3) is 0.394. The van der Waals surface area contributed by atoms with Crippen LogP contribution in [0.3, 0.4) is 0 Å². The van der Waals surface area contributed by atoms with Crippen LogP contribution < -0.4 is 9.47 Å². The minimum Gasteiger partial charge on any atom is -0.444 e. The van der Waals surface area contributed by atoms with E-state index in [-0.39, 0.29) is 11.7 Å². The molecule has 0 radical (unpaired) electrons. The third kappa shape index (κ3) is 5.90. The Bertz CT molecular complexity index is 1850. The first-order valence-corrected chi connectivity index (χ1v) is 15.7.